The lowest BCUT2D eigenvalue weighted by Crippen LogP contribution is -2.46. The van der Waals surface area contributed by atoms with Gasteiger partial charge in [-0.3, -0.25) is 9.59 Å². The molecule has 1 atom stereocenters. The first kappa shape index (κ1) is 22.3. The first-order chi connectivity index (χ1) is 15.1. The molecular formula is C26H30N2O3. The average molecular weight is 419 g/mol. The first-order valence-electron chi connectivity index (χ1n) is 10.8. The highest BCUT2D eigenvalue weighted by Gasteiger charge is 2.26. The van der Waals surface area contributed by atoms with E-state index in [0.717, 1.165) is 18.6 Å². The predicted molar refractivity (Wildman–Crippen MR) is 122 cm³/mol. The molecule has 1 unspecified atom stereocenters. The third-order valence-corrected chi connectivity index (χ3v) is 5.50. The summed E-state index contributed by atoms with van der Waals surface area (Å²) in [5.74, 6) is 0.520. The molecule has 0 aliphatic carbocycles. The van der Waals surface area contributed by atoms with Crippen molar-refractivity contribution in [2.75, 3.05) is 13.1 Å². The first-order valence-corrected chi connectivity index (χ1v) is 10.8. The second-order valence-electron chi connectivity index (χ2n) is 7.69. The molecule has 0 fully saturated rings. The zero-order valence-corrected chi connectivity index (χ0v) is 18.2. The molecule has 5 heteroatoms. The van der Waals surface area contributed by atoms with Crippen LogP contribution in [0.25, 0.3) is 0 Å². The Balaban J connectivity index is 1.76. The van der Waals surface area contributed by atoms with Crippen LogP contribution in [0.1, 0.15) is 41.9 Å². The number of carbonyl (C=O) groups is 2. The molecule has 0 N–H and O–H groups in total. The van der Waals surface area contributed by atoms with E-state index in [9.17, 15) is 9.59 Å². The molecule has 0 aliphatic rings. The van der Waals surface area contributed by atoms with Gasteiger partial charge in [0.25, 0.3) is 5.91 Å². The van der Waals surface area contributed by atoms with Gasteiger partial charge in [-0.2, -0.15) is 0 Å². The van der Waals surface area contributed by atoms with Crippen LogP contribution in [0.2, 0.25) is 0 Å². The van der Waals surface area contributed by atoms with E-state index in [0.29, 0.717) is 18.7 Å². The van der Waals surface area contributed by atoms with Crippen molar-refractivity contribution in [2.24, 2.45) is 0 Å². The highest BCUT2D eigenvalue weighted by molar-refractivity contribution is 5.96. The van der Waals surface area contributed by atoms with Crippen LogP contribution in [0, 0.1) is 0 Å². The molecule has 0 radical (unpaired) electrons. The Morgan fingerprint density at radius 1 is 0.935 bits per heavy atom. The lowest BCUT2D eigenvalue weighted by Gasteiger charge is -2.31. The van der Waals surface area contributed by atoms with E-state index in [1.165, 1.54) is 5.56 Å². The predicted octanol–water partition coefficient (Wildman–Crippen LogP) is 4.79. The molecule has 2 amide bonds. The van der Waals surface area contributed by atoms with Crippen LogP contribution >= 0.6 is 0 Å². The van der Waals surface area contributed by atoms with E-state index >= 15 is 0 Å². The topological polar surface area (TPSA) is 53.8 Å². The summed E-state index contributed by atoms with van der Waals surface area (Å²) in [4.78, 5) is 29.9. The summed E-state index contributed by atoms with van der Waals surface area (Å²) in [6.45, 7) is 4.98. The maximum Gasteiger partial charge on any atom is 0.254 e. The lowest BCUT2D eigenvalue weighted by atomic mass is 10.1. The van der Waals surface area contributed by atoms with Gasteiger partial charge in [0.1, 0.15) is 12.3 Å². The van der Waals surface area contributed by atoms with Crippen molar-refractivity contribution in [3.63, 3.8) is 0 Å². The number of nitrogens with zero attached hydrogens (tertiary/aromatic N) is 2. The van der Waals surface area contributed by atoms with E-state index in [1.807, 2.05) is 62.4 Å². The molecule has 1 heterocycles. The number of benzene rings is 2. The molecule has 31 heavy (non-hydrogen) atoms. The Morgan fingerprint density at radius 3 is 2.23 bits per heavy atom. The van der Waals surface area contributed by atoms with Gasteiger partial charge in [-0.25, -0.2) is 0 Å². The minimum absolute atomic E-state index is 0.0399. The van der Waals surface area contributed by atoms with Crippen LogP contribution in [0.3, 0.4) is 0 Å². The minimum Gasteiger partial charge on any atom is -0.467 e. The van der Waals surface area contributed by atoms with Crippen LogP contribution in [0.4, 0.5) is 0 Å². The number of hydrogen-bond donors (Lipinski definition) is 0. The highest BCUT2D eigenvalue weighted by atomic mass is 16.3. The zero-order valence-electron chi connectivity index (χ0n) is 18.2. The fraction of sp³-hybridized carbons (Fsp3) is 0.308. The molecule has 3 aromatic rings. The normalized spacial score (nSPS) is 11.7. The molecule has 3 rings (SSSR count). The summed E-state index contributed by atoms with van der Waals surface area (Å²) in [6, 6.07) is 22.9. The van der Waals surface area contributed by atoms with Gasteiger partial charge in [0.15, 0.2) is 0 Å². The zero-order chi connectivity index (χ0) is 22.1. The molecule has 1 aromatic heterocycles. The Hall–Kier alpha value is -3.34. The van der Waals surface area contributed by atoms with Crippen LogP contribution in [0.15, 0.2) is 83.5 Å². The molecule has 2 aromatic carbocycles. The Bertz CT molecular complexity index is 939. The standard InChI is InChI=1S/C26H30N2O3/c1-3-21(2)28(26(30)23-13-8-5-9-14-23)20-25(29)27(19-24-15-10-18-31-24)17-16-22-11-6-4-7-12-22/h4-15,18,21H,3,16-17,19-20H2,1-2H3. The Morgan fingerprint density at radius 2 is 1.61 bits per heavy atom. The molecule has 0 spiro atoms. The summed E-state index contributed by atoms with van der Waals surface area (Å²) in [5.41, 5.74) is 1.76. The lowest BCUT2D eigenvalue weighted by molar-refractivity contribution is -0.133. The molecule has 0 aliphatic heterocycles. The third-order valence-electron chi connectivity index (χ3n) is 5.50. The van der Waals surface area contributed by atoms with E-state index in [1.54, 1.807) is 28.2 Å². The second-order valence-corrected chi connectivity index (χ2v) is 7.69. The minimum atomic E-state index is -0.121. The van der Waals surface area contributed by atoms with E-state index in [4.69, 9.17) is 4.42 Å². The summed E-state index contributed by atoms with van der Waals surface area (Å²) in [5, 5.41) is 0. The monoisotopic (exact) mass is 418 g/mol. The molecule has 5 nitrogen and oxygen atoms in total. The SMILES string of the molecule is CCC(C)N(CC(=O)N(CCc1ccccc1)Cc1ccco1)C(=O)c1ccccc1. The van der Waals surface area contributed by atoms with Gasteiger partial charge in [0.05, 0.1) is 12.8 Å². The second kappa shape index (κ2) is 11.2. The number of rotatable bonds is 10. The fourth-order valence-electron chi connectivity index (χ4n) is 3.43. The number of furan rings is 1. The average Bonchev–Trinajstić information content (AvgIpc) is 3.33. The summed E-state index contributed by atoms with van der Waals surface area (Å²) in [6.07, 6.45) is 3.12. The largest absolute Gasteiger partial charge is 0.467 e. The maximum absolute atomic E-state index is 13.3. The van der Waals surface area contributed by atoms with Crippen LogP contribution in [0.5, 0.6) is 0 Å². The number of carbonyl (C=O) groups excluding carboxylic acids is 2. The molecule has 0 saturated carbocycles. The van der Waals surface area contributed by atoms with Crippen LogP contribution < -0.4 is 0 Å². The van der Waals surface area contributed by atoms with E-state index in [-0.39, 0.29) is 24.4 Å². The maximum atomic E-state index is 13.3. The van der Waals surface area contributed by atoms with Crippen molar-refractivity contribution in [1.29, 1.82) is 0 Å². The molecule has 0 bridgehead atoms. The third kappa shape index (κ3) is 6.32. The van der Waals surface area contributed by atoms with Crippen LogP contribution in [-0.2, 0) is 17.8 Å². The summed E-state index contributed by atoms with van der Waals surface area (Å²) in [7, 11) is 0. The number of amides is 2. The van der Waals surface area contributed by atoms with Gasteiger partial charge in [0, 0.05) is 18.2 Å². The van der Waals surface area contributed by atoms with Gasteiger partial charge in [0.2, 0.25) is 5.91 Å². The van der Waals surface area contributed by atoms with E-state index < -0.39 is 0 Å². The Kier molecular flexibility index (Phi) is 8.05. The summed E-state index contributed by atoms with van der Waals surface area (Å²) >= 11 is 0. The number of hydrogen-bond acceptors (Lipinski definition) is 3. The quantitative estimate of drug-likeness (QED) is 0.476. The molecule has 162 valence electrons. The Labute approximate surface area is 184 Å². The molecule has 0 saturated heterocycles. The highest BCUT2D eigenvalue weighted by Crippen LogP contribution is 2.14. The van der Waals surface area contributed by atoms with Crippen molar-refractivity contribution in [1.82, 2.24) is 9.80 Å². The summed E-state index contributed by atoms with van der Waals surface area (Å²) < 4.78 is 5.48. The van der Waals surface area contributed by atoms with E-state index in [2.05, 4.69) is 12.1 Å². The van der Waals surface area contributed by atoms with Crippen molar-refractivity contribution < 1.29 is 14.0 Å². The smallest absolute Gasteiger partial charge is 0.254 e. The van der Waals surface area contributed by atoms with Crippen LogP contribution in [-0.4, -0.2) is 40.7 Å². The molecular weight excluding hydrogens is 388 g/mol. The van der Waals surface area contributed by atoms with Crippen molar-refractivity contribution in [3.8, 4) is 0 Å². The van der Waals surface area contributed by atoms with Crippen molar-refractivity contribution >= 4 is 11.8 Å². The van der Waals surface area contributed by atoms with Gasteiger partial charge in [-0.05, 0) is 49.6 Å². The van der Waals surface area contributed by atoms with Gasteiger partial charge >= 0.3 is 0 Å². The van der Waals surface area contributed by atoms with Gasteiger partial charge in [-0.15, -0.1) is 0 Å². The fourth-order valence-corrected chi connectivity index (χ4v) is 3.43. The van der Waals surface area contributed by atoms with Gasteiger partial charge in [-0.1, -0.05) is 55.5 Å². The van der Waals surface area contributed by atoms with Gasteiger partial charge < -0.3 is 14.2 Å². The van der Waals surface area contributed by atoms with Crippen molar-refractivity contribution in [3.05, 3.63) is 95.9 Å². The van der Waals surface area contributed by atoms with Crippen molar-refractivity contribution in [2.45, 2.75) is 39.3 Å².